The SMILES string of the molecule is Cc1nnc2n1CCN(C(N)=O)C2. The molecule has 1 aliphatic heterocycles. The molecule has 1 aliphatic rings. The summed E-state index contributed by atoms with van der Waals surface area (Å²) < 4.78 is 2.00. The van der Waals surface area contributed by atoms with E-state index in [1.54, 1.807) is 4.90 Å². The molecule has 13 heavy (non-hydrogen) atoms. The van der Waals surface area contributed by atoms with Gasteiger partial charge in [-0.15, -0.1) is 10.2 Å². The highest BCUT2D eigenvalue weighted by Crippen LogP contribution is 2.10. The quantitative estimate of drug-likeness (QED) is 0.585. The summed E-state index contributed by atoms with van der Waals surface area (Å²) in [7, 11) is 0. The predicted octanol–water partition coefficient (Wildman–Crippen LogP) is -0.519. The Hall–Kier alpha value is -1.59. The standard InChI is InChI=1S/C7H11N5O/c1-5-9-10-6-4-11(7(8)13)2-3-12(5)6/h2-4H2,1H3,(H2,8,13). The van der Waals surface area contributed by atoms with Gasteiger partial charge in [0.15, 0.2) is 5.82 Å². The molecule has 2 N–H and O–H groups in total. The van der Waals surface area contributed by atoms with Gasteiger partial charge in [0.1, 0.15) is 5.82 Å². The Morgan fingerprint density at radius 1 is 1.46 bits per heavy atom. The lowest BCUT2D eigenvalue weighted by atomic mass is 10.3. The molecule has 6 nitrogen and oxygen atoms in total. The van der Waals surface area contributed by atoms with Crippen molar-refractivity contribution < 1.29 is 4.79 Å². The molecule has 0 saturated heterocycles. The van der Waals surface area contributed by atoms with Crippen molar-refractivity contribution in [1.82, 2.24) is 19.7 Å². The second-order valence-corrected chi connectivity index (χ2v) is 3.07. The number of urea groups is 1. The van der Waals surface area contributed by atoms with Crippen LogP contribution in [-0.2, 0) is 13.1 Å². The van der Waals surface area contributed by atoms with E-state index >= 15 is 0 Å². The molecule has 2 rings (SSSR count). The van der Waals surface area contributed by atoms with E-state index in [1.807, 2.05) is 11.5 Å². The summed E-state index contributed by atoms with van der Waals surface area (Å²) in [5.41, 5.74) is 5.16. The average Bonchev–Trinajstić information content (AvgIpc) is 2.47. The topological polar surface area (TPSA) is 77.0 Å². The van der Waals surface area contributed by atoms with E-state index in [0.29, 0.717) is 13.1 Å². The molecule has 0 aromatic carbocycles. The Bertz CT molecular complexity index is 345. The number of amides is 2. The molecule has 0 fully saturated rings. The van der Waals surface area contributed by atoms with Gasteiger partial charge in [-0.2, -0.15) is 0 Å². The first kappa shape index (κ1) is 8.03. The Morgan fingerprint density at radius 2 is 2.23 bits per heavy atom. The number of nitrogens with two attached hydrogens (primary N) is 1. The van der Waals surface area contributed by atoms with Crippen molar-refractivity contribution in [2.24, 2.45) is 5.73 Å². The zero-order valence-electron chi connectivity index (χ0n) is 7.40. The highest BCUT2D eigenvalue weighted by atomic mass is 16.2. The Labute approximate surface area is 75.3 Å². The molecule has 0 spiro atoms. The van der Waals surface area contributed by atoms with Crippen LogP contribution in [-0.4, -0.2) is 32.2 Å². The zero-order chi connectivity index (χ0) is 9.42. The summed E-state index contributed by atoms with van der Waals surface area (Å²) in [4.78, 5) is 12.4. The van der Waals surface area contributed by atoms with Gasteiger partial charge in [0, 0.05) is 13.1 Å². The first-order valence-corrected chi connectivity index (χ1v) is 4.11. The minimum Gasteiger partial charge on any atom is -0.351 e. The van der Waals surface area contributed by atoms with Gasteiger partial charge in [-0.25, -0.2) is 4.79 Å². The summed E-state index contributed by atoms with van der Waals surface area (Å²) in [6.07, 6.45) is 0. The second-order valence-electron chi connectivity index (χ2n) is 3.07. The fraction of sp³-hybridized carbons (Fsp3) is 0.571. The van der Waals surface area contributed by atoms with Crippen molar-refractivity contribution in [2.75, 3.05) is 6.54 Å². The van der Waals surface area contributed by atoms with E-state index in [4.69, 9.17) is 5.73 Å². The minimum atomic E-state index is -0.396. The van der Waals surface area contributed by atoms with E-state index in [1.165, 1.54) is 0 Å². The Morgan fingerprint density at radius 3 is 2.92 bits per heavy atom. The normalized spacial score (nSPS) is 15.6. The van der Waals surface area contributed by atoms with Gasteiger partial charge < -0.3 is 15.2 Å². The number of aromatic nitrogens is 3. The number of carbonyl (C=O) groups excluding carboxylic acids is 1. The van der Waals surface area contributed by atoms with Gasteiger partial charge in [0.25, 0.3) is 0 Å². The van der Waals surface area contributed by atoms with Crippen LogP contribution in [0.4, 0.5) is 4.79 Å². The van der Waals surface area contributed by atoms with Crippen molar-refractivity contribution in [3.8, 4) is 0 Å². The molecule has 2 heterocycles. The van der Waals surface area contributed by atoms with E-state index in [9.17, 15) is 4.79 Å². The summed E-state index contributed by atoms with van der Waals surface area (Å²) in [5.74, 6) is 1.70. The molecule has 0 unspecified atom stereocenters. The second kappa shape index (κ2) is 2.72. The lowest BCUT2D eigenvalue weighted by Crippen LogP contribution is -2.41. The van der Waals surface area contributed by atoms with Crippen molar-refractivity contribution >= 4 is 6.03 Å². The van der Waals surface area contributed by atoms with Gasteiger partial charge in [-0.05, 0) is 6.92 Å². The molecule has 0 saturated carbocycles. The largest absolute Gasteiger partial charge is 0.351 e. The number of rotatable bonds is 0. The van der Waals surface area contributed by atoms with Crippen molar-refractivity contribution in [1.29, 1.82) is 0 Å². The van der Waals surface area contributed by atoms with Gasteiger partial charge >= 0.3 is 6.03 Å². The van der Waals surface area contributed by atoms with Gasteiger partial charge in [-0.1, -0.05) is 0 Å². The molecule has 0 bridgehead atoms. The van der Waals surface area contributed by atoms with Gasteiger partial charge in [0.05, 0.1) is 6.54 Å². The molecule has 0 radical (unpaired) electrons. The van der Waals surface area contributed by atoms with Crippen molar-refractivity contribution in [2.45, 2.75) is 20.0 Å². The predicted molar refractivity (Wildman–Crippen MR) is 44.8 cm³/mol. The van der Waals surface area contributed by atoms with Gasteiger partial charge in [-0.3, -0.25) is 0 Å². The summed E-state index contributed by atoms with van der Waals surface area (Å²) in [6.45, 7) is 3.74. The maximum Gasteiger partial charge on any atom is 0.315 e. The van der Waals surface area contributed by atoms with Crippen LogP contribution in [0.15, 0.2) is 0 Å². The summed E-state index contributed by atoms with van der Waals surface area (Å²) >= 11 is 0. The van der Waals surface area contributed by atoms with Crippen LogP contribution < -0.4 is 5.73 Å². The van der Waals surface area contributed by atoms with Crippen LogP contribution in [0.3, 0.4) is 0 Å². The monoisotopic (exact) mass is 181 g/mol. The van der Waals surface area contributed by atoms with E-state index in [2.05, 4.69) is 10.2 Å². The number of hydrogen-bond acceptors (Lipinski definition) is 3. The maximum absolute atomic E-state index is 10.9. The molecule has 1 aromatic heterocycles. The minimum absolute atomic E-state index is 0.396. The van der Waals surface area contributed by atoms with Crippen molar-refractivity contribution in [3.63, 3.8) is 0 Å². The molecule has 0 aliphatic carbocycles. The third-order valence-electron chi connectivity index (χ3n) is 2.25. The number of primary amides is 1. The summed E-state index contributed by atoms with van der Waals surface area (Å²) in [6, 6.07) is -0.396. The van der Waals surface area contributed by atoms with E-state index in [0.717, 1.165) is 18.2 Å². The van der Waals surface area contributed by atoms with Crippen molar-refractivity contribution in [3.05, 3.63) is 11.6 Å². The fourth-order valence-corrected chi connectivity index (χ4v) is 1.49. The molecular formula is C7H11N5O. The number of carbonyl (C=O) groups is 1. The fourth-order valence-electron chi connectivity index (χ4n) is 1.49. The third kappa shape index (κ3) is 1.24. The molecule has 6 heteroatoms. The van der Waals surface area contributed by atoms with Crippen LogP contribution in [0.2, 0.25) is 0 Å². The first-order chi connectivity index (χ1) is 6.18. The van der Waals surface area contributed by atoms with Crippen LogP contribution >= 0.6 is 0 Å². The third-order valence-corrected chi connectivity index (χ3v) is 2.25. The number of fused-ring (bicyclic) bond motifs is 1. The lowest BCUT2D eigenvalue weighted by Gasteiger charge is -2.25. The molecular weight excluding hydrogens is 170 g/mol. The number of nitrogens with zero attached hydrogens (tertiary/aromatic N) is 4. The molecule has 0 atom stereocenters. The van der Waals surface area contributed by atoms with Crippen LogP contribution in [0, 0.1) is 6.92 Å². The Balaban J connectivity index is 2.25. The molecule has 1 aromatic rings. The molecule has 70 valence electrons. The van der Waals surface area contributed by atoms with Crippen LogP contribution in [0.25, 0.3) is 0 Å². The maximum atomic E-state index is 10.9. The Kier molecular flexibility index (Phi) is 1.68. The lowest BCUT2D eigenvalue weighted by molar-refractivity contribution is 0.191. The zero-order valence-corrected chi connectivity index (χ0v) is 7.40. The van der Waals surface area contributed by atoms with Crippen LogP contribution in [0.1, 0.15) is 11.6 Å². The highest BCUT2D eigenvalue weighted by molar-refractivity contribution is 5.71. The first-order valence-electron chi connectivity index (χ1n) is 4.11. The van der Waals surface area contributed by atoms with Crippen LogP contribution in [0.5, 0.6) is 0 Å². The number of aryl methyl sites for hydroxylation is 1. The number of hydrogen-bond donors (Lipinski definition) is 1. The van der Waals surface area contributed by atoms with E-state index < -0.39 is 6.03 Å². The van der Waals surface area contributed by atoms with E-state index in [-0.39, 0.29) is 0 Å². The van der Waals surface area contributed by atoms with Gasteiger partial charge in [0.2, 0.25) is 0 Å². The smallest absolute Gasteiger partial charge is 0.315 e. The molecule has 2 amide bonds. The average molecular weight is 181 g/mol. The highest BCUT2D eigenvalue weighted by Gasteiger charge is 2.21. The summed E-state index contributed by atoms with van der Waals surface area (Å²) in [5, 5.41) is 7.88.